The van der Waals surface area contributed by atoms with Crippen LogP contribution in [-0.2, 0) is 39.4 Å². The molecule has 2 fully saturated rings. The summed E-state index contributed by atoms with van der Waals surface area (Å²) in [5.74, 6) is -1.95. The van der Waals surface area contributed by atoms with Gasteiger partial charge in [0, 0.05) is 10.4 Å². The standard InChI is InChI=1S/C36H40ClN6O9P/c1-20(2)27(32(45)47-17-21-13-15-23(37)16-14-21)42-53(46,51-25-12-8-10-22-9-6-7-11-24(22)25)48-18-26-29-36(5,52-35(3,4)50-29)33(49-26)43-19-39-28-30(43)40-34(38)41-31(28)44/h6-16,19-20,26-27,29,33H,17-18H2,1-5H3,(H,42,46)(H3,38,40,41,44)/t26-,27+,29-,33-,36-,53?/m1/s1. The van der Waals surface area contributed by atoms with Crippen LogP contribution in [0.25, 0.3) is 21.9 Å². The fourth-order valence-corrected chi connectivity index (χ4v) is 8.57. The normalized spacial score (nSPS) is 23.9. The van der Waals surface area contributed by atoms with Crippen LogP contribution in [0.1, 0.15) is 46.4 Å². The lowest BCUT2D eigenvalue weighted by molar-refractivity contribution is -0.216. The number of esters is 1. The largest absolute Gasteiger partial charge is 0.460 e. The molecule has 6 atom stereocenters. The number of rotatable bonds is 12. The molecule has 3 aromatic carbocycles. The number of carbonyl (C=O) groups excluding carboxylic acids is 1. The van der Waals surface area contributed by atoms with Crippen molar-refractivity contribution < 1.29 is 37.4 Å². The molecule has 0 bridgehead atoms. The zero-order valence-electron chi connectivity index (χ0n) is 29.6. The number of hydrogen-bond acceptors (Lipinski definition) is 12. The molecule has 53 heavy (non-hydrogen) atoms. The van der Waals surface area contributed by atoms with E-state index in [1.807, 2.05) is 30.3 Å². The number of H-pyrrole nitrogens is 1. The third-order valence-electron chi connectivity index (χ3n) is 9.17. The highest BCUT2D eigenvalue weighted by molar-refractivity contribution is 7.52. The summed E-state index contributed by atoms with van der Waals surface area (Å²) in [7, 11) is -4.42. The molecule has 15 nitrogen and oxygen atoms in total. The Hall–Kier alpha value is -4.34. The number of aromatic amines is 1. The molecule has 0 aliphatic carbocycles. The number of aromatic nitrogens is 4. The van der Waals surface area contributed by atoms with Crippen LogP contribution >= 0.6 is 19.3 Å². The summed E-state index contributed by atoms with van der Waals surface area (Å²) >= 11 is 6.01. The molecule has 0 amide bonds. The molecule has 2 saturated heterocycles. The van der Waals surface area contributed by atoms with E-state index in [4.69, 9.17) is 45.3 Å². The topological polar surface area (TPSA) is 191 Å². The number of nitrogen functional groups attached to an aromatic ring is 1. The molecule has 2 aliphatic heterocycles. The quantitative estimate of drug-likeness (QED) is 0.101. The second-order valence-electron chi connectivity index (χ2n) is 14.0. The van der Waals surface area contributed by atoms with Crippen LogP contribution in [-0.4, -0.2) is 61.7 Å². The summed E-state index contributed by atoms with van der Waals surface area (Å²) in [5, 5.41) is 4.96. The maximum Gasteiger partial charge on any atom is 0.459 e. The molecule has 0 spiro atoms. The van der Waals surface area contributed by atoms with E-state index in [9.17, 15) is 14.2 Å². The Morgan fingerprint density at radius 3 is 2.60 bits per heavy atom. The number of nitrogens with one attached hydrogen (secondary N) is 2. The van der Waals surface area contributed by atoms with Gasteiger partial charge in [0.15, 0.2) is 23.2 Å². The van der Waals surface area contributed by atoms with Crippen molar-refractivity contribution in [2.24, 2.45) is 5.92 Å². The van der Waals surface area contributed by atoms with Crippen molar-refractivity contribution in [3.8, 4) is 5.75 Å². The Morgan fingerprint density at radius 1 is 1.11 bits per heavy atom. The number of hydrogen-bond donors (Lipinski definition) is 3. The molecule has 4 N–H and O–H groups in total. The van der Waals surface area contributed by atoms with Crippen LogP contribution in [0.15, 0.2) is 77.9 Å². The first-order chi connectivity index (χ1) is 25.1. The van der Waals surface area contributed by atoms with Crippen molar-refractivity contribution in [1.29, 1.82) is 0 Å². The number of carbonyl (C=O) groups is 1. The first-order valence-electron chi connectivity index (χ1n) is 17.0. The van der Waals surface area contributed by atoms with Crippen molar-refractivity contribution in [3.05, 3.63) is 94.0 Å². The molecule has 1 unspecified atom stereocenters. The Morgan fingerprint density at radius 2 is 1.85 bits per heavy atom. The van der Waals surface area contributed by atoms with E-state index in [0.717, 1.165) is 10.9 Å². The predicted molar refractivity (Wildman–Crippen MR) is 196 cm³/mol. The van der Waals surface area contributed by atoms with Crippen molar-refractivity contribution >= 4 is 53.2 Å². The van der Waals surface area contributed by atoms with Gasteiger partial charge >= 0.3 is 13.7 Å². The van der Waals surface area contributed by atoms with Crippen molar-refractivity contribution in [2.45, 2.75) is 77.1 Å². The van der Waals surface area contributed by atoms with Crippen LogP contribution in [0.5, 0.6) is 5.75 Å². The highest BCUT2D eigenvalue weighted by Crippen LogP contribution is 2.53. The molecule has 0 saturated carbocycles. The predicted octanol–water partition coefficient (Wildman–Crippen LogP) is 5.88. The average Bonchev–Trinajstić information content (AvgIpc) is 3.72. The fourth-order valence-electron chi connectivity index (χ4n) is 6.76. The fraction of sp³-hybridized carbons (Fsp3) is 0.389. The van der Waals surface area contributed by atoms with Crippen LogP contribution in [0.2, 0.25) is 5.02 Å². The molecule has 0 radical (unpaired) electrons. The van der Waals surface area contributed by atoms with Gasteiger partial charge in [-0.05, 0) is 55.8 Å². The molecular formula is C36H40ClN6O9P. The van der Waals surface area contributed by atoms with Crippen molar-refractivity contribution in [1.82, 2.24) is 24.6 Å². The van der Waals surface area contributed by atoms with E-state index < -0.39 is 61.1 Å². The third-order valence-corrected chi connectivity index (χ3v) is 10.9. The van der Waals surface area contributed by atoms with E-state index in [-0.39, 0.29) is 36.1 Å². The van der Waals surface area contributed by atoms with Gasteiger partial charge in [-0.15, -0.1) is 0 Å². The van der Waals surface area contributed by atoms with E-state index in [1.165, 1.54) is 6.33 Å². The van der Waals surface area contributed by atoms with E-state index in [2.05, 4.69) is 20.0 Å². The smallest absolute Gasteiger partial charge is 0.459 e. The first-order valence-corrected chi connectivity index (χ1v) is 18.9. The van der Waals surface area contributed by atoms with Crippen molar-refractivity contribution in [2.75, 3.05) is 12.3 Å². The van der Waals surface area contributed by atoms with Gasteiger partial charge in [-0.2, -0.15) is 10.1 Å². The molecule has 4 heterocycles. The number of benzene rings is 3. The van der Waals surface area contributed by atoms with Crippen LogP contribution < -0.4 is 20.9 Å². The van der Waals surface area contributed by atoms with Crippen LogP contribution in [0.4, 0.5) is 5.95 Å². The summed E-state index contributed by atoms with van der Waals surface area (Å²) in [6, 6.07) is 18.6. The first kappa shape index (κ1) is 37.0. The number of imidazole rings is 1. The zero-order valence-corrected chi connectivity index (χ0v) is 31.3. The van der Waals surface area contributed by atoms with Gasteiger partial charge in [-0.1, -0.05) is 74.0 Å². The van der Waals surface area contributed by atoms with Gasteiger partial charge in [-0.25, -0.2) is 9.55 Å². The van der Waals surface area contributed by atoms with E-state index in [1.54, 1.807) is 75.6 Å². The van der Waals surface area contributed by atoms with Gasteiger partial charge in [0.1, 0.15) is 36.2 Å². The monoisotopic (exact) mass is 766 g/mol. The maximum absolute atomic E-state index is 15.0. The second kappa shape index (κ2) is 14.1. The molecule has 2 aliphatic rings. The van der Waals surface area contributed by atoms with Gasteiger partial charge in [0.2, 0.25) is 5.95 Å². The Kier molecular flexibility index (Phi) is 9.87. The van der Waals surface area contributed by atoms with Gasteiger partial charge in [0.05, 0.1) is 12.9 Å². The molecule has 5 aromatic rings. The second-order valence-corrected chi connectivity index (χ2v) is 16.1. The summed E-state index contributed by atoms with van der Waals surface area (Å²) in [5.41, 5.74) is 5.16. The summed E-state index contributed by atoms with van der Waals surface area (Å²) in [6.07, 6.45) is -1.19. The van der Waals surface area contributed by atoms with Gasteiger partial charge in [-0.3, -0.25) is 23.7 Å². The minimum atomic E-state index is -4.42. The number of halogens is 1. The summed E-state index contributed by atoms with van der Waals surface area (Å²) in [6.45, 7) is 8.53. The molecule has 17 heteroatoms. The number of nitrogens with two attached hydrogens (primary N) is 1. The van der Waals surface area contributed by atoms with Gasteiger partial charge in [0.25, 0.3) is 5.56 Å². The molecular weight excluding hydrogens is 727 g/mol. The number of fused-ring (bicyclic) bond motifs is 3. The van der Waals surface area contributed by atoms with E-state index in [0.29, 0.717) is 10.4 Å². The highest BCUT2D eigenvalue weighted by Gasteiger charge is 2.64. The Balaban J connectivity index is 1.19. The van der Waals surface area contributed by atoms with Crippen LogP contribution in [0.3, 0.4) is 0 Å². The number of nitrogens with zero attached hydrogens (tertiary/aromatic N) is 3. The average molecular weight is 767 g/mol. The molecule has 2 aromatic heterocycles. The SMILES string of the molecule is CC(C)[C@H](NP(=O)(OC[C@H]1O[C@@H](n2cnc3c(=O)[nH]c(N)nc32)[C@]2(C)OC(C)(C)O[C@H]12)Oc1cccc2ccccc12)C(=O)OCc1ccc(Cl)cc1. The minimum absolute atomic E-state index is 0.0315. The number of ether oxygens (including phenoxy) is 4. The summed E-state index contributed by atoms with van der Waals surface area (Å²) < 4.78 is 53.9. The Bertz CT molecular complexity index is 2260. The van der Waals surface area contributed by atoms with Crippen LogP contribution in [0, 0.1) is 5.92 Å². The maximum atomic E-state index is 15.0. The molecule has 280 valence electrons. The van der Waals surface area contributed by atoms with Crippen molar-refractivity contribution in [3.63, 3.8) is 0 Å². The lowest BCUT2D eigenvalue weighted by Crippen LogP contribution is -2.43. The molecule has 7 rings (SSSR count). The third kappa shape index (κ3) is 7.43. The van der Waals surface area contributed by atoms with Gasteiger partial charge < -0.3 is 29.2 Å². The highest BCUT2D eigenvalue weighted by atomic mass is 35.5. The minimum Gasteiger partial charge on any atom is -0.460 e. The lowest BCUT2D eigenvalue weighted by atomic mass is 9.96. The Labute approximate surface area is 309 Å². The van der Waals surface area contributed by atoms with E-state index >= 15 is 0 Å². The lowest BCUT2D eigenvalue weighted by Gasteiger charge is -2.30. The number of anilines is 1. The zero-order chi connectivity index (χ0) is 37.7. The summed E-state index contributed by atoms with van der Waals surface area (Å²) in [4.78, 5) is 37.1.